The molecule has 126 valence electrons. The smallest absolute Gasteiger partial charge is 0.353 e. The van der Waals surface area contributed by atoms with Gasteiger partial charge in [-0.2, -0.15) is 13.2 Å². The number of rotatable bonds is 4. The molecule has 1 aliphatic heterocycles. The Hall–Kier alpha value is -2.05. The summed E-state index contributed by atoms with van der Waals surface area (Å²) in [6.07, 6.45) is -3.69. The summed E-state index contributed by atoms with van der Waals surface area (Å²) in [5, 5.41) is 2.80. The van der Waals surface area contributed by atoms with Gasteiger partial charge >= 0.3 is 6.18 Å². The number of hydrogen-bond acceptors (Lipinski definition) is 2. The first-order valence-electron chi connectivity index (χ1n) is 7.50. The van der Waals surface area contributed by atoms with Crippen LogP contribution in [0.5, 0.6) is 0 Å². The van der Waals surface area contributed by atoms with Crippen molar-refractivity contribution in [1.82, 2.24) is 5.32 Å². The maximum absolute atomic E-state index is 12.8. The van der Waals surface area contributed by atoms with E-state index in [1.807, 2.05) is 13.8 Å². The monoisotopic (exact) mass is 328 g/mol. The van der Waals surface area contributed by atoms with E-state index < -0.39 is 17.7 Å². The molecule has 1 aromatic rings. The Morgan fingerprint density at radius 2 is 2.13 bits per heavy atom. The Morgan fingerprint density at radius 3 is 2.74 bits per heavy atom. The lowest BCUT2D eigenvalue weighted by Gasteiger charge is -2.19. The van der Waals surface area contributed by atoms with Crippen LogP contribution in [0, 0.1) is 5.92 Å². The molecular weight excluding hydrogens is 309 g/mol. The Labute approximate surface area is 132 Å². The van der Waals surface area contributed by atoms with E-state index >= 15 is 0 Å². The summed E-state index contributed by atoms with van der Waals surface area (Å²) < 4.78 is 38.3. The molecule has 7 heteroatoms. The number of carbonyl (C=O) groups excluding carboxylic acids is 2. The highest BCUT2D eigenvalue weighted by atomic mass is 19.4. The van der Waals surface area contributed by atoms with E-state index in [0.29, 0.717) is 0 Å². The van der Waals surface area contributed by atoms with Gasteiger partial charge in [0.05, 0.1) is 11.5 Å². The van der Waals surface area contributed by atoms with E-state index in [0.717, 1.165) is 18.6 Å². The Morgan fingerprint density at radius 1 is 1.43 bits per heavy atom. The number of halogens is 3. The number of anilines is 1. The van der Waals surface area contributed by atoms with Crippen LogP contribution in [0.2, 0.25) is 0 Å². The van der Waals surface area contributed by atoms with Crippen LogP contribution in [-0.4, -0.2) is 24.4 Å². The first-order valence-corrected chi connectivity index (χ1v) is 7.50. The fourth-order valence-electron chi connectivity index (χ4n) is 2.45. The number of benzene rings is 1. The van der Waals surface area contributed by atoms with Gasteiger partial charge in [0, 0.05) is 24.7 Å². The van der Waals surface area contributed by atoms with Gasteiger partial charge in [0.25, 0.3) is 0 Å². The molecule has 2 atom stereocenters. The zero-order valence-electron chi connectivity index (χ0n) is 13.0. The molecular formula is C16H19F3N2O2. The quantitative estimate of drug-likeness (QED) is 0.924. The molecule has 1 heterocycles. The summed E-state index contributed by atoms with van der Waals surface area (Å²) in [6.45, 7) is 3.89. The van der Waals surface area contributed by atoms with E-state index in [-0.39, 0.29) is 36.5 Å². The molecule has 0 radical (unpaired) electrons. The molecule has 0 unspecified atom stereocenters. The SMILES string of the molecule is CC[C@H](C)NC(=O)[C@@H]1CC(=O)N(c2cccc(C(F)(F)F)c2)C1. The van der Waals surface area contributed by atoms with Gasteiger partial charge in [-0.1, -0.05) is 13.0 Å². The maximum atomic E-state index is 12.8. The van der Waals surface area contributed by atoms with Crippen LogP contribution < -0.4 is 10.2 Å². The number of carbonyl (C=O) groups is 2. The van der Waals surface area contributed by atoms with E-state index in [1.54, 1.807) is 0 Å². The van der Waals surface area contributed by atoms with Crippen LogP contribution in [-0.2, 0) is 15.8 Å². The first-order chi connectivity index (χ1) is 10.7. The highest BCUT2D eigenvalue weighted by Gasteiger charge is 2.37. The minimum atomic E-state index is -4.47. The second-order valence-electron chi connectivity index (χ2n) is 5.77. The average Bonchev–Trinajstić information content (AvgIpc) is 2.88. The summed E-state index contributed by atoms with van der Waals surface area (Å²) in [5.41, 5.74) is -0.640. The Kier molecular flexibility index (Phi) is 4.97. The summed E-state index contributed by atoms with van der Waals surface area (Å²) in [4.78, 5) is 25.4. The van der Waals surface area contributed by atoms with Gasteiger partial charge in [-0.05, 0) is 31.5 Å². The van der Waals surface area contributed by atoms with Gasteiger partial charge in [-0.25, -0.2) is 0 Å². The first kappa shape index (κ1) is 17.3. The predicted octanol–water partition coefficient (Wildman–Crippen LogP) is 2.97. The molecule has 0 aliphatic carbocycles. The summed E-state index contributed by atoms with van der Waals surface area (Å²) in [7, 11) is 0. The molecule has 0 saturated carbocycles. The summed E-state index contributed by atoms with van der Waals surface area (Å²) in [5.74, 6) is -1.11. The second kappa shape index (κ2) is 6.60. The zero-order chi connectivity index (χ0) is 17.2. The highest BCUT2D eigenvalue weighted by Crippen LogP contribution is 2.33. The molecule has 2 amide bonds. The van der Waals surface area contributed by atoms with Crippen molar-refractivity contribution in [2.45, 2.75) is 38.9 Å². The minimum absolute atomic E-state index is 0.000194. The lowest BCUT2D eigenvalue weighted by Crippen LogP contribution is -2.38. The lowest BCUT2D eigenvalue weighted by atomic mass is 10.1. The fourth-order valence-corrected chi connectivity index (χ4v) is 2.45. The van der Waals surface area contributed by atoms with Crippen LogP contribution >= 0.6 is 0 Å². The third kappa shape index (κ3) is 4.03. The molecule has 1 saturated heterocycles. The number of hydrogen-bond donors (Lipinski definition) is 1. The molecule has 2 rings (SSSR count). The van der Waals surface area contributed by atoms with Crippen molar-refractivity contribution in [2.75, 3.05) is 11.4 Å². The molecule has 4 nitrogen and oxygen atoms in total. The van der Waals surface area contributed by atoms with E-state index in [1.165, 1.54) is 17.0 Å². The maximum Gasteiger partial charge on any atom is 0.416 e. The minimum Gasteiger partial charge on any atom is -0.353 e. The van der Waals surface area contributed by atoms with Crippen LogP contribution in [0.15, 0.2) is 24.3 Å². The van der Waals surface area contributed by atoms with E-state index in [2.05, 4.69) is 5.32 Å². The molecule has 23 heavy (non-hydrogen) atoms. The topological polar surface area (TPSA) is 49.4 Å². The van der Waals surface area contributed by atoms with Gasteiger partial charge in [-0.3, -0.25) is 9.59 Å². The summed E-state index contributed by atoms with van der Waals surface area (Å²) in [6, 6.07) is 4.60. The van der Waals surface area contributed by atoms with E-state index in [4.69, 9.17) is 0 Å². The average molecular weight is 328 g/mol. The van der Waals surface area contributed by atoms with Crippen LogP contribution in [0.4, 0.5) is 18.9 Å². The van der Waals surface area contributed by atoms with Crippen LogP contribution in [0.3, 0.4) is 0 Å². The molecule has 1 N–H and O–H groups in total. The van der Waals surface area contributed by atoms with Gasteiger partial charge < -0.3 is 10.2 Å². The van der Waals surface area contributed by atoms with Crippen LogP contribution in [0.25, 0.3) is 0 Å². The van der Waals surface area contributed by atoms with Gasteiger partial charge in [-0.15, -0.1) is 0 Å². The molecule has 1 aromatic carbocycles. The van der Waals surface area contributed by atoms with Gasteiger partial charge in [0.1, 0.15) is 0 Å². The van der Waals surface area contributed by atoms with Gasteiger partial charge in [0.15, 0.2) is 0 Å². The zero-order valence-corrected chi connectivity index (χ0v) is 13.0. The van der Waals surface area contributed by atoms with Crippen molar-refractivity contribution < 1.29 is 22.8 Å². The molecule has 0 aromatic heterocycles. The third-order valence-corrected chi connectivity index (χ3v) is 3.98. The van der Waals surface area contributed by atoms with Crippen LogP contribution in [0.1, 0.15) is 32.3 Å². The Bertz CT molecular complexity index is 601. The largest absolute Gasteiger partial charge is 0.416 e. The molecule has 1 fully saturated rings. The summed E-state index contributed by atoms with van der Waals surface area (Å²) >= 11 is 0. The molecule has 1 aliphatic rings. The van der Waals surface area contributed by atoms with Crippen molar-refractivity contribution in [3.8, 4) is 0 Å². The lowest BCUT2D eigenvalue weighted by molar-refractivity contribution is -0.137. The van der Waals surface area contributed by atoms with E-state index in [9.17, 15) is 22.8 Å². The van der Waals surface area contributed by atoms with Crippen molar-refractivity contribution >= 4 is 17.5 Å². The van der Waals surface area contributed by atoms with Crippen molar-refractivity contribution in [3.05, 3.63) is 29.8 Å². The van der Waals surface area contributed by atoms with Gasteiger partial charge in [0.2, 0.25) is 11.8 Å². The number of nitrogens with zero attached hydrogens (tertiary/aromatic N) is 1. The molecule has 0 spiro atoms. The van der Waals surface area contributed by atoms with Crippen molar-refractivity contribution in [3.63, 3.8) is 0 Å². The molecule has 0 bridgehead atoms. The highest BCUT2D eigenvalue weighted by molar-refractivity contribution is 6.00. The number of amides is 2. The van der Waals surface area contributed by atoms with Crippen molar-refractivity contribution in [2.24, 2.45) is 5.92 Å². The second-order valence-corrected chi connectivity index (χ2v) is 5.77. The normalized spacial score (nSPS) is 19.8. The number of alkyl halides is 3. The number of nitrogens with one attached hydrogen (secondary N) is 1. The predicted molar refractivity (Wildman–Crippen MR) is 79.8 cm³/mol. The fraction of sp³-hybridized carbons (Fsp3) is 0.500. The Balaban J connectivity index is 2.13. The van der Waals surface area contributed by atoms with Crippen molar-refractivity contribution in [1.29, 1.82) is 0 Å². The standard InChI is InChI=1S/C16H19F3N2O2/c1-3-10(2)20-15(23)11-7-14(22)21(9-11)13-6-4-5-12(8-13)16(17,18)19/h4-6,8,10-11H,3,7,9H2,1-2H3,(H,20,23)/t10-,11+/m0/s1. The third-order valence-electron chi connectivity index (χ3n) is 3.98.